The van der Waals surface area contributed by atoms with E-state index in [0.29, 0.717) is 12.2 Å². The van der Waals surface area contributed by atoms with Crippen molar-refractivity contribution >= 4 is 11.6 Å². The quantitative estimate of drug-likeness (QED) is 0.835. The molecule has 2 unspecified atom stereocenters. The molecular weight excluding hydrogens is 282 g/mol. The zero-order valence-corrected chi connectivity index (χ0v) is 12.7. The molecule has 0 spiro atoms. The number of carbonyl (C=O) groups excluding carboxylic acids is 1. The van der Waals surface area contributed by atoms with Crippen LogP contribution in [0, 0.1) is 0 Å². The number of carbonyl (C=O) groups is 1. The Morgan fingerprint density at radius 2 is 1.91 bits per heavy atom. The molecule has 2 fully saturated rings. The number of hydrogen-bond donors (Lipinski definition) is 2. The van der Waals surface area contributed by atoms with E-state index in [1.807, 2.05) is 6.07 Å². The van der Waals surface area contributed by atoms with Gasteiger partial charge in [-0.2, -0.15) is 0 Å². The standard InChI is InChI=1S/C16H23N3O3/c20-16(19-11-14-4-2-8-22-14)15-9-12(5-6-17-15)18-10-13-3-1-7-21-13/h5-6,9,13-14H,1-4,7-8,10-11H2,(H,17,18)(H,19,20). The van der Waals surface area contributed by atoms with Gasteiger partial charge in [-0.15, -0.1) is 0 Å². The summed E-state index contributed by atoms with van der Waals surface area (Å²) >= 11 is 0. The molecule has 0 saturated carbocycles. The SMILES string of the molecule is O=C(NCC1CCCO1)c1cc(NCC2CCCO2)ccn1. The van der Waals surface area contributed by atoms with Gasteiger partial charge in [0.1, 0.15) is 5.69 Å². The second-order valence-electron chi connectivity index (χ2n) is 5.79. The van der Waals surface area contributed by atoms with Gasteiger partial charge in [0.15, 0.2) is 0 Å². The smallest absolute Gasteiger partial charge is 0.270 e. The van der Waals surface area contributed by atoms with Crippen LogP contribution in [-0.4, -0.2) is 49.4 Å². The van der Waals surface area contributed by atoms with Crippen molar-refractivity contribution in [3.8, 4) is 0 Å². The summed E-state index contributed by atoms with van der Waals surface area (Å²) in [5.41, 5.74) is 1.32. The summed E-state index contributed by atoms with van der Waals surface area (Å²) in [5, 5.41) is 6.20. The van der Waals surface area contributed by atoms with Gasteiger partial charge in [-0.25, -0.2) is 0 Å². The van der Waals surface area contributed by atoms with Gasteiger partial charge in [-0.1, -0.05) is 0 Å². The van der Waals surface area contributed by atoms with Crippen molar-refractivity contribution in [2.45, 2.75) is 37.9 Å². The lowest BCUT2D eigenvalue weighted by Crippen LogP contribution is -2.32. The first kappa shape index (κ1) is 15.2. The number of amides is 1. The van der Waals surface area contributed by atoms with E-state index in [0.717, 1.165) is 51.1 Å². The Balaban J connectivity index is 1.49. The Hall–Kier alpha value is -1.66. The number of anilines is 1. The van der Waals surface area contributed by atoms with Crippen LogP contribution in [0.4, 0.5) is 5.69 Å². The predicted octanol–water partition coefficient (Wildman–Crippen LogP) is 1.58. The third kappa shape index (κ3) is 4.18. The van der Waals surface area contributed by atoms with Crippen molar-refractivity contribution in [2.75, 3.05) is 31.6 Å². The van der Waals surface area contributed by atoms with E-state index in [4.69, 9.17) is 9.47 Å². The summed E-state index contributed by atoms with van der Waals surface area (Å²) < 4.78 is 11.1. The molecule has 0 bridgehead atoms. The largest absolute Gasteiger partial charge is 0.382 e. The van der Waals surface area contributed by atoms with Crippen molar-refractivity contribution < 1.29 is 14.3 Å². The number of rotatable bonds is 6. The molecule has 2 atom stereocenters. The maximum Gasteiger partial charge on any atom is 0.270 e. The van der Waals surface area contributed by atoms with E-state index in [1.54, 1.807) is 12.3 Å². The minimum Gasteiger partial charge on any atom is -0.382 e. The Morgan fingerprint density at radius 1 is 1.18 bits per heavy atom. The first-order valence-electron chi connectivity index (χ1n) is 8.02. The maximum absolute atomic E-state index is 12.1. The molecule has 3 heterocycles. The van der Waals surface area contributed by atoms with E-state index < -0.39 is 0 Å². The van der Waals surface area contributed by atoms with Crippen molar-refractivity contribution in [3.05, 3.63) is 24.0 Å². The zero-order chi connectivity index (χ0) is 15.2. The Labute approximate surface area is 130 Å². The van der Waals surface area contributed by atoms with Crippen molar-refractivity contribution in [1.82, 2.24) is 10.3 Å². The summed E-state index contributed by atoms with van der Waals surface area (Å²) in [4.78, 5) is 16.3. The zero-order valence-electron chi connectivity index (χ0n) is 12.7. The highest BCUT2D eigenvalue weighted by Gasteiger charge is 2.18. The van der Waals surface area contributed by atoms with E-state index in [9.17, 15) is 4.79 Å². The summed E-state index contributed by atoms with van der Waals surface area (Å²) in [5.74, 6) is -0.156. The fourth-order valence-corrected chi connectivity index (χ4v) is 2.80. The molecule has 2 saturated heterocycles. The van der Waals surface area contributed by atoms with Gasteiger partial charge in [0.05, 0.1) is 12.2 Å². The lowest BCUT2D eigenvalue weighted by Gasteiger charge is -2.13. The fraction of sp³-hybridized carbons (Fsp3) is 0.625. The minimum atomic E-state index is -0.156. The van der Waals surface area contributed by atoms with Crippen molar-refractivity contribution in [2.24, 2.45) is 0 Å². The summed E-state index contributed by atoms with van der Waals surface area (Å²) in [7, 11) is 0. The van der Waals surface area contributed by atoms with Crippen LogP contribution in [0.25, 0.3) is 0 Å². The molecule has 6 nitrogen and oxygen atoms in total. The van der Waals surface area contributed by atoms with Gasteiger partial charge in [-0.3, -0.25) is 9.78 Å². The van der Waals surface area contributed by atoms with Gasteiger partial charge in [0.25, 0.3) is 5.91 Å². The summed E-state index contributed by atoms with van der Waals surface area (Å²) in [6.07, 6.45) is 6.36. The second kappa shape index (κ2) is 7.56. The third-order valence-electron chi connectivity index (χ3n) is 4.06. The molecule has 1 amide bonds. The van der Waals surface area contributed by atoms with Gasteiger partial charge in [0, 0.05) is 38.2 Å². The fourth-order valence-electron chi connectivity index (χ4n) is 2.80. The van der Waals surface area contributed by atoms with Crippen LogP contribution < -0.4 is 10.6 Å². The highest BCUT2D eigenvalue weighted by atomic mass is 16.5. The summed E-state index contributed by atoms with van der Waals surface area (Å²) in [6.45, 7) is 2.95. The average molecular weight is 305 g/mol. The maximum atomic E-state index is 12.1. The molecule has 1 aromatic heterocycles. The lowest BCUT2D eigenvalue weighted by molar-refractivity contribution is 0.0854. The monoisotopic (exact) mass is 305 g/mol. The van der Waals surface area contributed by atoms with Crippen LogP contribution in [0.5, 0.6) is 0 Å². The summed E-state index contributed by atoms with van der Waals surface area (Å²) in [6, 6.07) is 3.64. The van der Waals surface area contributed by atoms with Gasteiger partial charge >= 0.3 is 0 Å². The Bertz CT molecular complexity index is 497. The molecule has 2 N–H and O–H groups in total. The van der Waals surface area contributed by atoms with Crippen molar-refractivity contribution in [1.29, 1.82) is 0 Å². The van der Waals surface area contributed by atoms with Gasteiger partial charge < -0.3 is 20.1 Å². The molecule has 2 aliphatic rings. The molecule has 120 valence electrons. The van der Waals surface area contributed by atoms with Crippen LogP contribution in [0.3, 0.4) is 0 Å². The number of aromatic nitrogens is 1. The van der Waals surface area contributed by atoms with Crippen LogP contribution >= 0.6 is 0 Å². The number of hydrogen-bond acceptors (Lipinski definition) is 5. The lowest BCUT2D eigenvalue weighted by atomic mass is 10.2. The molecule has 0 radical (unpaired) electrons. The minimum absolute atomic E-state index is 0.143. The van der Waals surface area contributed by atoms with Crippen LogP contribution in [0.2, 0.25) is 0 Å². The predicted molar refractivity (Wildman–Crippen MR) is 83.0 cm³/mol. The van der Waals surface area contributed by atoms with Gasteiger partial charge in [-0.05, 0) is 37.8 Å². The van der Waals surface area contributed by atoms with Crippen LogP contribution in [-0.2, 0) is 9.47 Å². The second-order valence-corrected chi connectivity index (χ2v) is 5.79. The van der Waals surface area contributed by atoms with E-state index in [2.05, 4.69) is 15.6 Å². The highest BCUT2D eigenvalue weighted by Crippen LogP contribution is 2.14. The molecule has 22 heavy (non-hydrogen) atoms. The van der Waals surface area contributed by atoms with Gasteiger partial charge in [0.2, 0.25) is 0 Å². The first-order valence-corrected chi connectivity index (χ1v) is 8.02. The molecule has 0 aromatic carbocycles. The van der Waals surface area contributed by atoms with E-state index in [-0.39, 0.29) is 18.1 Å². The number of ether oxygens (including phenoxy) is 2. The topological polar surface area (TPSA) is 72.5 Å². The average Bonchev–Trinajstić information content (AvgIpc) is 3.24. The molecule has 3 rings (SSSR count). The normalized spacial score (nSPS) is 24.4. The molecular formula is C16H23N3O3. The Kier molecular flexibility index (Phi) is 5.24. The van der Waals surface area contributed by atoms with Crippen LogP contribution in [0.1, 0.15) is 36.2 Å². The van der Waals surface area contributed by atoms with E-state index >= 15 is 0 Å². The number of nitrogens with zero attached hydrogens (tertiary/aromatic N) is 1. The number of pyridine rings is 1. The molecule has 1 aromatic rings. The molecule has 0 aliphatic carbocycles. The van der Waals surface area contributed by atoms with Crippen molar-refractivity contribution in [3.63, 3.8) is 0 Å². The van der Waals surface area contributed by atoms with E-state index in [1.165, 1.54) is 0 Å². The Morgan fingerprint density at radius 3 is 2.59 bits per heavy atom. The highest BCUT2D eigenvalue weighted by molar-refractivity contribution is 5.93. The first-order chi connectivity index (χ1) is 10.8. The molecule has 6 heteroatoms. The van der Waals surface area contributed by atoms with Crippen LogP contribution in [0.15, 0.2) is 18.3 Å². The molecule has 2 aliphatic heterocycles. The number of nitrogens with one attached hydrogen (secondary N) is 2. The third-order valence-corrected chi connectivity index (χ3v) is 4.06.